The number of Topliss-reactive ketones (excluding diaryl/α,β-unsaturated/α-hetero) is 1. The first-order chi connectivity index (χ1) is 9.58. The molecule has 1 unspecified atom stereocenters. The van der Waals surface area contributed by atoms with E-state index in [1.165, 1.54) is 6.92 Å². The highest BCUT2D eigenvalue weighted by Gasteiger charge is 2.98. The van der Waals surface area contributed by atoms with Gasteiger partial charge < -0.3 is 9.84 Å². The standard InChI is InChI=1S/C17H24O4/c1-8(18)21-13-16(5)10-11(16)15(4)7-6-9(19)14(2,3)17(13,15)12(10)20/h10-13,20H,6-7H2,1-5H3/t10?,11-,12-,13-,15-,16-,17+/m1/s1. The third-order valence-corrected chi connectivity index (χ3v) is 7.94. The Kier molecular flexibility index (Phi) is 2.11. The number of hydrogen-bond acceptors (Lipinski definition) is 4. The van der Waals surface area contributed by atoms with E-state index >= 15 is 0 Å². The van der Waals surface area contributed by atoms with E-state index < -0.39 is 16.9 Å². The first kappa shape index (κ1) is 13.7. The third-order valence-electron chi connectivity index (χ3n) is 7.94. The molecule has 21 heavy (non-hydrogen) atoms. The molecule has 0 saturated heterocycles. The van der Waals surface area contributed by atoms with E-state index in [4.69, 9.17) is 4.74 Å². The quantitative estimate of drug-likeness (QED) is 0.750. The molecule has 5 saturated carbocycles. The van der Waals surface area contributed by atoms with Crippen LogP contribution in [-0.2, 0) is 14.3 Å². The average Bonchev–Trinajstić information content (AvgIpc) is 2.80. The molecule has 4 bridgehead atoms. The molecule has 4 nitrogen and oxygen atoms in total. The Balaban J connectivity index is 1.97. The maximum Gasteiger partial charge on any atom is 0.302 e. The van der Waals surface area contributed by atoms with Crippen molar-refractivity contribution in [3.05, 3.63) is 0 Å². The SMILES string of the molecule is CC(=O)O[C@@H]1[C@]2(C)C3[C@@H](O)[C@@]14C(C)(C)C(=O)CC[C@]4(C)[C@@H]32. The van der Waals surface area contributed by atoms with Gasteiger partial charge in [0, 0.05) is 24.2 Å². The molecule has 1 spiro atoms. The van der Waals surface area contributed by atoms with Gasteiger partial charge in [-0.1, -0.05) is 27.7 Å². The number of carbonyl (C=O) groups is 2. The number of aliphatic hydroxyl groups is 1. The molecular weight excluding hydrogens is 268 g/mol. The van der Waals surface area contributed by atoms with E-state index in [-0.39, 0.29) is 34.6 Å². The smallest absolute Gasteiger partial charge is 0.302 e. The molecule has 5 aliphatic carbocycles. The second kappa shape index (κ2) is 3.22. The molecule has 0 aromatic carbocycles. The van der Waals surface area contributed by atoms with Crippen LogP contribution in [0.1, 0.15) is 47.5 Å². The van der Waals surface area contributed by atoms with Crippen molar-refractivity contribution in [3.63, 3.8) is 0 Å². The summed E-state index contributed by atoms with van der Waals surface area (Å²) in [5, 5.41) is 11.1. The minimum Gasteiger partial charge on any atom is -0.461 e. The summed E-state index contributed by atoms with van der Waals surface area (Å²) in [7, 11) is 0. The summed E-state index contributed by atoms with van der Waals surface area (Å²) in [6.45, 7) is 9.67. The van der Waals surface area contributed by atoms with Crippen LogP contribution in [0.15, 0.2) is 0 Å². The Morgan fingerprint density at radius 3 is 2.48 bits per heavy atom. The van der Waals surface area contributed by atoms with E-state index in [0.717, 1.165) is 6.42 Å². The third kappa shape index (κ3) is 0.990. The van der Waals surface area contributed by atoms with Crippen molar-refractivity contribution in [3.8, 4) is 0 Å². The zero-order valence-corrected chi connectivity index (χ0v) is 13.4. The molecule has 0 aliphatic heterocycles. The molecule has 4 heteroatoms. The summed E-state index contributed by atoms with van der Waals surface area (Å²) in [6, 6.07) is 0. The van der Waals surface area contributed by atoms with Crippen LogP contribution in [-0.4, -0.2) is 29.1 Å². The van der Waals surface area contributed by atoms with Gasteiger partial charge in [-0.15, -0.1) is 0 Å². The summed E-state index contributed by atoms with van der Waals surface area (Å²) < 4.78 is 5.75. The Labute approximate surface area is 125 Å². The van der Waals surface area contributed by atoms with Crippen molar-refractivity contribution in [1.29, 1.82) is 0 Å². The minimum atomic E-state index is -0.652. The fraction of sp³-hybridized carbons (Fsp3) is 0.882. The van der Waals surface area contributed by atoms with Gasteiger partial charge in [0.25, 0.3) is 0 Å². The molecule has 5 fully saturated rings. The summed E-state index contributed by atoms with van der Waals surface area (Å²) in [5.41, 5.74) is -1.53. The van der Waals surface area contributed by atoms with Gasteiger partial charge in [-0.3, -0.25) is 9.59 Å². The highest BCUT2D eigenvalue weighted by molar-refractivity contribution is 5.88. The normalized spacial score (nSPS) is 58.9. The van der Waals surface area contributed by atoms with Crippen molar-refractivity contribution < 1.29 is 19.4 Å². The topological polar surface area (TPSA) is 63.6 Å². The van der Waals surface area contributed by atoms with Crippen molar-refractivity contribution in [2.45, 2.75) is 59.7 Å². The zero-order chi connectivity index (χ0) is 15.6. The molecule has 0 heterocycles. The molecular formula is C17H24O4. The summed E-state index contributed by atoms with van der Waals surface area (Å²) in [5.74, 6) is 0.438. The zero-order valence-electron chi connectivity index (χ0n) is 13.4. The van der Waals surface area contributed by atoms with Crippen molar-refractivity contribution in [2.75, 3.05) is 0 Å². The van der Waals surface area contributed by atoms with Crippen LogP contribution < -0.4 is 0 Å². The second-order valence-electron chi connectivity index (χ2n) is 8.64. The maximum atomic E-state index is 12.6. The van der Waals surface area contributed by atoms with Gasteiger partial charge >= 0.3 is 5.97 Å². The van der Waals surface area contributed by atoms with Gasteiger partial charge in [0.15, 0.2) is 0 Å². The first-order valence-corrected chi connectivity index (χ1v) is 7.96. The predicted octanol–water partition coefficient (Wildman–Crippen LogP) is 1.94. The van der Waals surface area contributed by atoms with E-state index in [1.807, 2.05) is 13.8 Å². The fourth-order valence-electron chi connectivity index (χ4n) is 7.41. The number of rotatable bonds is 1. The summed E-state index contributed by atoms with van der Waals surface area (Å²) >= 11 is 0. The Morgan fingerprint density at radius 1 is 1.29 bits per heavy atom. The monoisotopic (exact) mass is 292 g/mol. The predicted molar refractivity (Wildman–Crippen MR) is 75.2 cm³/mol. The van der Waals surface area contributed by atoms with Crippen molar-refractivity contribution >= 4 is 11.8 Å². The van der Waals surface area contributed by atoms with Gasteiger partial charge in [-0.05, 0) is 23.7 Å². The molecule has 0 aromatic heterocycles. The van der Waals surface area contributed by atoms with Crippen LogP contribution >= 0.6 is 0 Å². The van der Waals surface area contributed by atoms with Gasteiger partial charge in [0.05, 0.1) is 11.5 Å². The molecule has 0 radical (unpaired) electrons. The Hall–Kier alpha value is -0.900. The van der Waals surface area contributed by atoms with Gasteiger partial charge in [0.2, 0.25) is 0 Å². The lowest BCUT2D eigenvalue weighted by molar-refractivity contribution is -0.196. The van der Waals surface area contributed by atoms with Gasteiger partial charge in [-0.2, -0.15) is 0 Å². The molecule has 5 aliphatic rings. The highest BCUT2D eigenvalue weighted by Crippen LogP contribution is 2.94. The fourth-order valence-corrected chi connectivity index (χ4v) is 7.41. The van der Waals surface area contributed by atoms with Crippen molar-refractivity contribution in [1.82, 2.24) is 0 Å². The van der Waals surface area contributed by atoms with Crippen LogP contribution in [0.3, 0.4) is 0 Å². The largest absolute Gasteiger partial charge is 0.461 e. The number of hydrogen-bond donors (Lipinski definition) is 1. The average molecular weight is 292 g/mol. The van der Waals surface area contributed by atoms with Gasteiger partial charge in [-0.25, -0.2) is 0 Å². The molecule has 5 rings (SSSR count). The first-order valence-electron chi connectivity index (χ1n) is 7.96. The lowest BCUT2D eigenvalue weighted by Crippen LogP contribution is -2.62. The van der Waals surface area contributed by atoms with Crippen LogP contribution in [0.25, 0.3) is 0 Å². The summed E-state index contributed by atoms with van der Waals surface area (Å²) in [6.07, 6.45) is 0.503. The molecule has 116 valence electrons. The second-order valence-corrected chi connectivity index (χ2v) is 8.64. The van der Waals surface area contributed by atoms with Crippen LogP contribution in [0.4, 0.5) is 0 Å². The molecule has 7 atom stereocenters. The van der Waals surface area contributed by atoms with E-state index in [2.05, 4.69) is 13.8 Å². The maximum absolute atomic E-state index is 12.6. The molecule has 0 amide bonds. The van der Waals surface area contributed by atoms with E-state index in [0.29, 0.717) is 12.3 Å². The van der Waals surface area contributed by atoms with Crippen LogP contribution in [0, 0.1) is 33.5 Å². The van der Waals surface area contributed by atoms with E-state index in [9.17, 15) is 14.7 Å². The lowest BCUT2D eigenvalue weighted by Gasteiger charge is -2.57. The number of ketones is 1. The number of carbonyl (C=O) groups excluding carboxylic acids is 2. The number of ether oxygens (including phenoxy) is 1. The Morgan fingerprint density at radius 2 is 1.90 bits per heavy atom. The molecule has 1 N–H and O–H groups in total. The van der Waals surface area contributed by atoms with Crippen LogP contribution in [0.2, 0.25) is 0 Å². The van der Waals surface area contributed by atoms with Gasteiger partial charge in [0.1, 0.15) is 11.9 Å². The van der Waals surface area contributed by atoms with E-state index in [1.54, 1.807) is 0 Å². The number of aliphatic hydroxyl groups excluding tert-OH is 1. The lowest BCUT2D eigenvalue weighted by atomic mass is 9.47. The minimum absolute atomic E-state index is 0.108. The van der Waals surface area contributed by atoms with Crippen LogP contribution in [0.5, 0.6) is 0 Å². The summed E-state index contributed by atoms with van der Waals surface area (Å²) in [4.78, 5) is 24.3. The Bertz CT molecular complexity index is 581. The molecule has 0 aromatic rings. The van der Waals surface area contributed by atoms with Crippen molar-refractivity contribution in [2.24, 2.45) is 33.5 Å². The highest BCUT2D eigenvalue weighted by atomic mass is 16.5. The number of esters is 1.